The monoisotopic (exact) mass is 369 g/mol. The first-order valence-corrected chi connectivity index (χ1v) is 7.43. The molecule has 0 aliphatic heterocycles. The summed E-state index contributed by atoms with van der Waals surface area (Å²) < 4.78 is 4.91. The molecule has 0 spiro atoms. The topological polar surface area (TPSA) is 97.0 Å². The molecule has 7 nitrogen and oxygen atoms in total. The Labute approximate surface area is 147 Å². The number of nitro groups is 1. The predicted octanol–water partition coefficient (Wildman–Crippen LogP) is 3.74. The molecule has 0 aliphatic rings. The Kier molecular flexibility index (Phi) is 5.83. The van der Waals surface area contributed by atoms with Crippen LogP contribution in [-0.4, -0.2) is 23.4 Å². The van der Waals surface area contributed by atoms with Gasteiger partial charge in [0, 0.05) is 27.2 Å². The molecular formula is C15H13Cl2N3O4. The fourth-order valence-corrected chi connectivity index (χ4v) is 2.46. The molecule has 0 heterocycles. The smallest absolute Gasteiger partial charge is 0.315 e. The third kappa shape index (κ3) is 4.06. The summed E-state index contributed by atoms with van der Waals surface area (Å²) in [4.78, 5) is 10.2. The zero-order valence-corrected chi connectivity index (χ0v) is 14.0. The highest BCUT2D eigenvalue weighted by Crippen LogP contribution is 2.36. The standard InChI is InChI=1S/C15H13Cl2N3O4/c1-24-14-6-9(5-13(15(14)21)20(22)23)7-18-19-8-10-11(16)3-2-4-12(10)17/h2-7,19,21H,8H2,1H3/b18-7+. The van der Waals surface area contributed by atoms with Crippen molar-refractivity contribution in [3.05, 3.63) is 61.6 Å². The van der Waals surface area contributed by atoms with Gasteiger partial charge >= 0.3 is 5.69 Å². The van der Waals surface area contributed by atoms with E-state index in [0.29, 0.717) is 21.2 Å². The number of nitro benzene ring substituents is 1. The van der Waals surface area contributed by atoms with Crippen LogP contribution in [0.3, 0.4) is 0 Å². The van der Waals surface area contributed by atoms with Gasteiger partial charge in [-0.1, -0.05) is 29.3 Å². The minimum Gasteiger partial charge on any atom is -0.500 e. The Bertz CT molecular complexity index is 776. The SMILES string of the molecule is COc1cc(/C=N/NCc2c(Cl)cccc2Cl)cc([N+](=O)[O-])c1O. The number of phenols is 1. The summed E-state index contributed by atoms with van der Waals surface area (Å²) >= 11 is 12.1. The number of methoxy groups -OCH3 is 1. The van der Waals surface area contributed by atoms with Gasteiger partial charge in [-0.15, -0.1) is 0 Å². The van der Waals surface area contributed by atoms with Gasteiger partial charge in [0.15, 0.2) is 5.75 Å². The molecule has 2 aromatic carbocycles. The van der Waals surface area contributed by atoms with Crippen LogP contribution in [0.4, 0.5) is 5.69 Å². The Morgan fingerprint density at radius 1 is 1.38 bits per heavy atom. The third-order valence-electron chi connectivity index (χ3n) is 3.12. The van der Waals surface area contributed by atoms with Gasteiger partial charge in [0.05, 0.1) is 24.8 Å². The Hall–Kier alpha value is -2.51. The Morgan fingerprint density at radius 2 is 2.04 bits per heavy atom. The molecule has 0 unspecified atom stereocenters. The van der Waals surface area contributed by atoms with Crippen molar-refractivity contribution in [2.75, 3.05) is 7.11 Å². The molecule has 0 saturated heterocycles. The van der Waals surface area contributed by atoms with Crippen LogP contribution in [0.15, 0.2) is 35.4 Å². The molecular weight excluding hydrogens is 357 g/mol. The first-order valence-electron chi connectivity index (χ1n) is 6.68. The molecule has 0 aliphatic carbocycles. The van der Waals surface area contributed by atoms with E-state index in [4.69, 9.17) is 27.9 Å². The summed E-state index contributed by atoms with van der Waals surface area (Å²) in [5, 5.41) is 25.6. The summed E-state index contributed by atoms with van der Waals surface area (Å²) in [6.45, 7) is 0.284. The number of ether oxygens (including phenoxy) is 1. The van der Waals surface area contributed by atoms with E-state index in [2.05, 4.69) is 10.5 Å². The zero-order chi connectivity index (χ0) is 17.7. The van der Waals surface area contributed by atoms with Crippen molar-refractivity contribution < 1.29 is 14.8 Å². The van der Waals surface area contributed by atoms with Crippen LogP contribution in [0, 0.1) is 10.1 Å². The van der Waals surface area contributed by atoms with E-state index >= 15 is 0 Å². The van der Waals surface area contributed by atoms with Gasteiger partial charge in [-0.3, -0.25) is 10.1 Å². The molecule has 0 radical (unpaired) electrons. The first kappa shape index (κ1) is 17.8. The van der Waals surface area contributed by atoms with E-state index in [0.717, 1.165) is 0 Å². The van der Waals surface area contributed by atoms with Crippen molar-refractivity contribution in [2.45, 2.75) is 6.54 Å². The molecule has 0 amide bonds. The number of hydrazone groups is 1. The lowest BCUT2D eigenvalue weighted by Crippen LogP contribution is -2.06. The summed E-state index contributed by atoms with van der Waals surface area (Å²) in [7, 11) is 1.30. The molecule has 2 N–H and O–H groups in total. The van der Waals surface area contributed by atoms with Crippen LogP contribution in [-0.2, 0) is 6.54 Å². The van der Waals surface area contributed by atoms with Crippen molar-refractivity contribution in [1.82, 2.24) is 5.43 Å². The summed E-state index contributed by atoms with van der Waals surface area (Å²) in [5.41, 5.74) is 3.36. The molecule has 0 atom stereocenters. The minimum absolute atomic E-state index is 0.0141. The molecule has 24 heavy (non-hydrogen) atoms. The van der Waals surface area contributed by atoms with Crippen molar-refractivity contribution in [3.8, 4) is 11.5 Å². The number of halogens is 2. The molecule has 0 aromatic heterocycles. The second-order valence-electron chi connectivity index (χ2n) is 4.64. The van der Waals surface area contributed by atoms with E-state index in [1.165, 1.54) is 25.5 Å². The van der Waals surface area contributed by atoms with Gasteiger partial charge < -0.3 is 15.3 Å². The highest BCUT2D eigenvalue weighted by Gasteiger charge is 2.19. The molecule has 2 rings (SSSR count). The van der Waals surface area contributed by atoms with Gasteiger partial charge in [0.1, 0.15) is 0 Å². The first-order chi connectivity index (χ1) is 11.4. The third-order valence-corrected chi connectivity index (χ3v) is 3.82. The summed E-state index contributed by atoms with van der Waals surface area (Å²) in [6, 6.07) is 7.77. The van der Waals surface area contributed by atoms with Crippen LogP contribution in [0.2, 0.25) is 10.0 Å². The van der Waals surface area contributed by atoms with E-state index < -0.39 is 16.4 Å². The van der Waals surface area contributed by atoms with Crippen LogP contribution in [0.1, 0.15) is 11.1 Å². The quantitative estimate of drug-likeness (QED) is 0.459. The van der Waals surface area contributed by atoms with Gasteiger partial charge in [-0.05, 0) is 18.2 Å². The van der Waals surface area contributed by atoms with Crippen molar-refractivity contribution in [1.29, 1.82) is 0 Å². The van der Waals surface area contributed by atoms with Gasteiger partial charge in [0.2, 0.25) is 5.75 Å². The van der Waals surface area contributed by atoms with Gasteiger partial charge in [-0.2, -0.15) is 5.10 Å². The van der Waals surface area contributed by atoms with Crippen molar-refractivity contribution in [3.63, 3.8) is 0 Å². The van der Waals surface area contributed by atoms with Crippen LogP contribution >= 0.6 is 23.2 Å². The van der Waals surface area contributed by atoms with Gasteiger partial charge in [0.25, 0.3) is 0 Å². The number of rotatable bonds is 6. The molecule has 0 fully saturated rings. The highest BCUT2D eigenvalue weighted by atomic mass is 35.5. The number of hydrogen-bond donors (Lipinski definition) is 2. The summed E-state index contributed by atoms with van der Waals surface area (Å²) in [6.07, 6.45) is 1.36. The number of phenolic OH excluding ortho intramolecular Hbond substituents is 1. The lowest BCUT2D eigenvalue weighted by atomic mass is 10.2. The van der Waals surface area contributed by atoms with Crippen molar-refractivity contribution >= 4 is 35.1 Å². The second-order valence-corrected chi connectivity index (χ2v) is 5.46. The van der Waals surface area contributed by atoms with E-state index in [1.54, 1.807) is 18.2 Å². The molecule has 0 bridgehead atoms. The van der Waals surface area contributed by atoms with Crippen molar-refractivity contribution in [2.24, 2.45) is 5.10 Å². The lowest BCUT2D eigenvalue weighted by Gasteiger charge is -2.07. The predicted molar refractivity (Wildman–Crippen MR) is 92.2 cm³/mol. The summed E-state index contributed by atoms with van der Waals surface area (Å²) in [5.74, 6) is -0.546. The maximum Gasteiger partial charge on any atom is 0.315 e. The second kappa shape index (κ2) is 7.85. The highest BCUT2D eigenvalue weighted by molar-refractivity contribution is 6.35. The van der Waals surface area contributed by atoms with Crippen LogP contribution < -0.4 is 10.2 Å². The molecule has 2 aromatic rings. The van der Waals surface area contributed by atoms with Crippen LogP contribution in [0.25, 0.3) is 0 Å². The minimum atomic E-state index is -0.702. The Balaban J connectivity index is 2.15. The number of nitrogens with one attached hydrogen (secondary N) is 1. The molecule has 9 heteroatoms. The molecule has 126 valence electrons. The fraction of sp³-hybridized carbons (Fsp3) is 0.133. The largest absolute Gasteiger partial charge is 0.500 e. The Morgan fingerprint density at radius 3 is 2.62 bits per heavy atom. The van der Waals surface area contributed by atoms with E-state index in [1.807, 2.05) is 0 Å². The van der Waals surface area contributed by atoms with E-state index in [9.17, 15) is 15.2 Å². The number of nitrogens with zero attached hydrogens (tertiary/aromatic N) is 2. The van der Waals surface area contributed by atoms with E-state index in [-0.39, 0.29) is 12.3 Å². The maximum absolute atomic E-state index is 10.9. The van der Waals surface area contributed by atoms with Crippen LogP contribution in [0.5, 0.6) is 11.5 Å². The van der Waals surface area contributed by atoms with Gasteiger partial charge in [-0.25, -0.2) is 0 Å². The zero-order valence-electron chi connectivity index (χ0n) is 12.5. The number of benzene rings is 2. The number of hydrogen-bond acceptors (Lipinski definition) is 6. The average molecular weight is 370 g/mol. The normalized spacial score (nSPS) is 10.8. The fourth-order valence-electron chi connectivity index (χ4n) is 1.93. The lowest BCUT2D eigenvalue weighted by molar-refractivity contribution is -0.386. The number of aromatic hydroxyl groups is 1. The maximum atomic E-state index is 10.9. The average Bonchev–Trinajstić information content (AvgIpc) is 2.54. The molecule has 0 saturated carbocycles.